The standard InChI is InChI=1S/C28H38N2O8/c1-28(2,3)37-27(32)38-30-15-9-12-23(35-18-20-10-7-6-8-11-20)22(17-30)29-26(31)21-13-14-24(36-19-33-4)25(16-21)34-5/h6-8,10-11,13-14,16,22-23H,9,12,15,17-19H2,1-5H3,(H,29,31)/t22-,23-/m1/s1. The molecule has 0 aromatic heterocycles. The van der Waals surface area contributed by atoms with Crippen molar-refractivity contribution in [3.05, 3.63) is 59.7 Å². The van der Waals surface area contributed by atoms with Gasteiger partial charge in [0.25, 0.3) is 5.91 Å². The van der Waals surface area contributed by atoms with E-state index in [1.165, 1.54) is 19.3 Å². The molecular weight excluding hydrogens is 492 g/mol. The molecule has 10 nitrogen and oxygen atoms in total. The van der Waals surface area contributed by atoms with Crippen LogP contribution >= 0.6 is 0 Å². The molecule has 2 atom stereocenters. The summed E-state index contributed by atoms with van der Waals surface area (Å²) in [7, 11) is 3.02. The molecule has 2 aromatic carbocycles. The zero-order chi connectivity index (χ0) is 27.5. The molecule has 1 amide bonds. The van der Waals surface area contributed by atoms with Gasteiger partial charge in [0, 0.05) is 19.2 Å². The van der Waals surface area contributed by atoms with E-state index in [2.05, 4.69) is 5.32 Å². The van der Waals surface area contributed by atoms with E-state index in [1.807, 2.05) is 30.3 Å². The fourth-order valence-electron chi connectivity index (χ4n) is 3.97. The lowest BCUT2D eigenvalue weighted by atomic mass is 10.1. The van der Waals surface area contributed by atoms with E-state index in [9.17, 15) is 9.59 Å². The summed E-state index contributed by atoms with van der Waals surface area (Å²) >= 11 is 0. The van der Waals surface area contributed by atoms with Crippen LogP contribution in [0.5, 0.6) is 11.5 Å². The highest BCUT2D eigenvalue weighted by molar-refractivity contribution is 5.95. The Bertz CT molecular complexity index is 1040. The lowest BCUT2D eigenvalue weighted by Gasteiger charge is -2.29. The number of carbonyl (C=O) groups is 2. The van der Waals surface area contributed by atoms with E-state index in [0.29, 0.717) is 43.1 Å². The van der Waals surface area contributed by atoms with Gasteiger partial charge in [-0.1, -0.05) is 30.3 Å². The van der Waals surface area contributed by atoms with E-state index in [1.54, 1.807) is 39.0 Å². The number of hydrogen-bond donors (Lipinski definition) is 1. The zero-order valence-electron chi connectivity index (χ0n) is 22.7. The number of methoxy groups -OCH3 is 2. The second-order valence-electron chi connectivity index (χ2n) is 9.92. The van der Waals surface area contributed by atoms with Gasteiger partial charge in [-0.25, -0.2) is 4.79 Å². The van der Waals surface area contributed by atoms with Gasteiger partial charge in [-0.2, -0.15) is 0 Å². The van der Waals surface area contributed by atoms with Gasteiger partial charge >= 0.3 is 6.16 Å². The van der Waals surface area contributed by atoms with Gasteiger partial charge in [-0.3, -0.25) is 4.79 Å². The molecule has 1 heterocycles. The van der Waals surface area contributed by atoms with E-state index in [-0.39, 0.29) is 25.3 Å². The smallest absolute Gasteiger partial charge is 0.493 e. The van der Waals surface area contributed by atoms with Crippen LogP contribution in [0.1, 0.15) is 49.5 Å². The van der Waals surface area contributed by atoms with Crippen molar-refractivity contribution in [3.63, 3.8) is 0 Å². The van der Waals surface area contributed by atoms with Crippen molar-refractivity contribution in [3.8, 4) is 11.5 Å². The molecular formula is C28H38N2O8. The lowest BCUT2D eigenvalue weighted by molar-refractivity contribution is -0.145. The molecule has 0 unspecified atom stereocenters. The Morgan fingerprint density at radius 2 is 1.82 bits per heavy atom. The number of nitrogens with one attached hydrogen (secondary N) is 1. The van der Waals surface area contributed by atoms with E-state index >= 15 is 0 Å². The number of ether oxygens (including phenoxy) is 5. The van der Waals surface area contributed by atoms with Crippen molar-refractivity contribution in [2.45, 2.75) is 58.0 Å². The number of carbonyl (C=O) groups excluding carboxylic acids is 2. The predicted molar refractivity (Wildman–Crippen MR) is 140 cm³/mol. The summed E-state index contributed by atoms with van der Waals surface area (Å²) in [5.74, 6) is 0.544. The zero-order valence-corrected chi connectivity index (χ0v) is 22.7. The molecule has 10 heteroatoms. The highest BCUT2D eigenvalue weighted by Crippen LogP contribution is 2.28. The Hall–Kier alpha value is -3.34. The average Bonchev–Trinajstić information content (AvgIpc) is 3.06. The fraction of sp³-hybridized carbons (Fsp3) is 0.500. The van der Waals surface area contributed by atoms with Crippen molar-refractivity contribution in [1.29, 1.82) is 0 Å². The summed E-state index contributed by atoms with van der Waals surface area (Å²) in [6.07, 6.45) is 0.271. The molecule has 0 radical (unpaired) electrons. The van der Waals surface area contributed by atoms with Crippen LogP contribution in [0.3, 0.4) is 0 Å². The van der Waals surface area contributed by atoms with Gasteiger partial charge in [0.1, 0.15) is 5.60 Å². The number of rotatable bonds is 10. The summed E-state index contributed by atoms with van der Waals surface area (Å²) in [6.45, 7) is 6.47. The van der Waals surface area contributed by atoms with Crippen LogP contribution in [0.4, 0.5) is 4.79 Å². The fourth-order valence-corrected chi connectivity index (χ4v) is 3.97. The molecule has 2 aromatic rings. The monoisotopic (exact) mass is 530 g/mol. The van der Waals surface area contributed by atoms with Gasteiger partial charge in [-0.15, -0.1) is 5.06 Å². The molecule has 1 saturated heterocycles. The van der Waals surface area contributed by atoms with Crippen LogP contribution in [0, 0.1) is 0 Å². The maximum absolute atomic E-state index is 13.3. The lowest BCUT2D eigenvalue weighted by Crippen LogP contribution is -2.50. The quantitative estimate of drug-likeness (QED) is 0.355. The second kappa shape index (κ2) is 14.0. The van der Waals surface area contributed by atoms with Crippen molar-refractivity contribution in [1.82, 2.24) is 10.4 Å². The minimum atomic E-state index is -0.789. The van der Waals surface area contributed by atoms with E-state index in [4.69, 9.17) is 28.5 Å². The van der Waals surface area contributed by atoms with Crippen LogP contribution < -0.4 is 14.8 Å². The van der Waals surface area contributed by atoms with Gasteiger partial charge in [0.2, 0.25) is 0 Å². The van der Waals surface area contributed by atoms with Gasteiger partial charge in [0.05, 0.1) is 32.4 Å². The summed E-state index contributed by atoms with van der Waals surface area (Å²) < 4.78 is 27.4. The summed E-state index contributed by atoms with van der Waals surface area (Å²) in [6, 6.07) is 14.3. The first-order valence-corrected chi connectivity index (χ1v) is 12.6. The Morgan fingerprint density at radius 1 is 1.05 bits per heavy atom. The Kier molecular flexibility index (Phi) is 10.8. The van der Waals surface area contributed by atoms with Crippen LogP contribution in [0.15, 0.2) is 48.5 Å². The maximum atomic E-state index is 13.3. The van der Waals surface area contributed by atoms with Crippen molar-refractivity contribution in [2.75, 3.05) is 34.1 Å². The van der Waals surface area contributed by atoms with Crippen LogP contribution in [-0.2, 0) is 25.7 Å². The normalized spacial score (nSPS) is 18.2. The van der Waals surface area contributed by atoms with Gasteiger partial charge < -0.3 is 33.8 Å². The maximum Gasteiger partial charge on any atom is 0.528 e. The third-order valence-electron chi connectivity index (χ3n) is 5.72. The first kappa shape index (κ1) is 29.2. The van der Waals surface area contributed by atoms with Crippen molar-refractivity contribution < 1.29 is 38.1 Å². The average molecular weight is 531 g/mol. The minimum Gasteiger partial charge on any atom is -0.493 e. The van der Waals surface area contributed by atoms with Crippen molar-refractivity contribution in [2.24, 2.45) is 0 Å². The summed E-state index contributed by atoms with van der Waals surface area (Å²) in [5.41, 5.74) is 0.730. The third-order valence-corrected chi connectivity index (χ3v) is 5.72. The molecule has 208 valence electrons. The van der Waals surface area contributed by atoms with Crippen molar-refractivity contribution >= 4 is 12.1 Å². The Balaban J connectivity index is 1.75. The molecule has 0 spiro atoms. The first-order chi connectivity index (χ1) is 18.2. The number of hydrogen-bond acceptors (Lipinski definition) is 9. The highest BCUT2D eigenvalue weighted by atomic mass is 16.8. The summed E-state index contributed by atoms with van der Waals surface area (Å²) in [5, 5.41) is 4.59. The third kappa shape index (κ3) is 9.20. The van der Waals surface area contributed by atoms with E-state index in [0.717, 1.165) is 5.56 Å². The SMILES string of the molecule is COCOc1ccc(C(=O)N[C@@H]2CN(OC(=O)OC(C)(C)C)CCC[C@H]2OCc2ccccc2)cc1OC. The molecule has 1 N–H and O–H groups in total. The molecule has 1 aliphatic heterocycles. The number of benzene rings is 2. The molecule has 1 fully saturated rings. The number of hydroxylamine groups is 2. The number of amides is 1. The highest BCUT2D eigenvalue weighted by Gasteiger charge is 2.32. The molecule has 1 aliphatic rings. The first-order valence-electron chi connectivity index (χ1n) is 12.6. The van der Waals surface area contributed by atoms with Crippen LogP contribution in [-0.4, -0.2) is 69.0 Å². The van der Waals surface area contributed by atoms with Gasteiger partial charge in [0.15, 0.2) is 18.3 Å². The summed E-state index contributed by atoms with van der Waals surface area (Å²) in [4.78, 5) is 31.1. The number of nitrogens with zero attached hydrogens (tertiary/aromatic N) is 1. The Morgan fingerprint density at radius 3 is 2.50 bits per heavy atom. The van der Waals surface area contributed by atoms with Crippen LogP contribution in [0.25, 0.3) is 0 Å². The minimum absolute atomic E-state index is 0.0535. The molecule has 0 saturated carbocycles. The largest absolute Gasteiger partial charge is 0.528 e. The molecule has 0 bridgehead atoms. The molecule has 38 heavy (non-hydrogen) atoms. The Labute approximate surface area is 224 Å². The molecule has 3 rings (SSSR count). The molecule has 0 aliphatic carbocycles. The topological polar surface area (TPSA) is 105 Å². The predicted octanol–water partition coefficient (Wildman–Crippen LogP) is 4.32. The van der Waals surface area contributed by atoms with Crippen LogP contribution in [0.2, 0.25) is 0 Å². The van der Waals surface area contributed by atoms with E-state index < -0.39 is 17.8 Å². The van der Waals surface area contributed by atoms with Gasteiger partial charge in [-0.05, 0) is 57.4 Å². The second-order valence-corrected chi connectivity index (χ2v) is 9.92.